The van der Waals surface area contributed by atoms with Crippen LogP contribution in [-0.2, 0) is 4.79 Å². The van der Waals surface area contributed by atoms with E-state index in [0.29, 0.717) is 12.0 Å². The summed E-state index contributed by atoms with van der Waals surface area (Å²) in [6, 6.07) is 6.24. The SMILES string of the molecule is CCCCCCC(=O)N/N=C\c1ccccc1[N+](=O)[O-]. The number of nitrogens with one attached hydrogen (secondary N) is 1. The van der Waals surface area contributed by atoms with E-state index in [1.165, 1.54) is 12.3 Å². The zero-order valence-corrected chi connectivity index (χ0v) is 11.5. The first kappa shape index (κ1) is 15.8. The monoisotopic (exact) mass is 277 g/mol. The molecule has 6 heteroatoms. The van der Waals surface area contributed by atoms with Gasteiger partial charge in [-0.1, -0.05) is 38.3 Å². The van der Waals surface area contributed by atoms with E-state index in [1.54, 1.807) is 18.2 Å². The van der Waals surface area contributed by atoms with Gasteiger partial charge in [-0.3, -0.25) is 14.9 Å². The number of para-hydroxylation sites is 1. The largest absolute Gasteiger partial charge is 0.278 e. The third kappa shape index (κ3) is 5.60. The van der Waals surface area contributed by atoms with Gasteiger partial charge in [0.15, 0.2) is 0 Å². The molecule has 1 aromatic rings. The smallest absolute Gasteiger partial charge is 0.273 e. The minimum Gasteiger partial charge on any atom is -0.273 e. The molecule has 1 N–H and O–H groups in total. The Kier molecular flexibility index (Phi) is 6.95. The summed E-state index contributed by atoms with van der Waals surface area (Å²) in [7, 11) is 0. The Morgan fingerprint density at radius 2 is 2.10 bits per heavy atom. The van der Waals surface area contributed by atoms with E-state index in [9.17, 15) is 14.9 Å². The van der Waals surface area contributed by atoms with E-state index >= 15 is 0 Å². The third-order valence-corrected chi connectivity index (χ3v) is 2.78. The van der Waals surface area contributed by atoms with Crippen molar-refractivity contribution in [1.82, 2.24) is 5.43 Å². The maximum absolute atomic E-state index is 11.5. The van der Waals surface area contributed by atoms with Crippen LogP contribution in [0, 0.1) is 10.1 Å². The van der Waals surface area contributed by atoms with E-state index in [4.69, 9.17) is 0 Å². The molecule has 0 unspecified atom stereocenters. The second kappa shape index (κ2) is 8.79. The second-order valence-electron chi connectivity index (χ2n) is 4.42. The number of unbranched alkanes of at least 4 members (excludes halogenated alkanes) is 3. The van der Waals surface area contributed by atoms with Gasteiger partial charge in [0.1, 0.15) is 0 Å². The number of rotatable bonds is 8. The summed E-state index contributed by atoms with van der Waals surface area (Å²) in [6.45, 7) is 2.11. The van der Waals surface area contributed by atoms with Gasteiger partial charge in [-0.2, -0.15) is 5.10 Å². The van der Waals surface area contributed by atoms with Gasteiger partial charge in [-0.05, 0) is 12.5 Å². The van der Waals surface area contributed by atoms with Crippen molar-refractivity contribution >= 4 is 17.8 Å². The topological polar surface area (TPSA) is 84.6 Å². The van der Waals surface area contributed by atoms with E-state index in [1.807, 2.05) is 0 Å². The fraction of sp³-hybridized carbons (Fsp3) is 0.429. The number of carbonyl (C=O) groups excluding carboxylic acids is 1. The molecule has 0 saturated carbocycles. The van der Waals surface area contributed by atoms with Crippen molar-refractivity contribution in [2.45, 2.75) is 39.0 Å². The van der Waals surface area contributed by atoms with Crippen LogP contribution in [-0.4, -0.2) is 17.0 Å². The minimum absolute atomic E-state index is 0.0338. The van der Waals surface area contributed by atoms with Crippen molar-refractivity contribution in [1.29, 1.82) is 0 Å². The van der Waals surface area contributed by atoms with Gasteiger partial charge in [0.25, 0.3) is 5.69 Å². The number of hydrazone groups is 1. The van der Waals surface area contributed by atoms with Gasteiger partial charge in [0.2, 0.25) is 5.91 Å². The molecule has 0 heterocycles. The predicted molar refractivity (Wildman–Crippen MR) is 77.6 cm³/mol. The number of nitro groups is 1. The highest BCUT2D eigenvalue weighted by Crippen LogP contribution is 2.14. The number of benzene rings is 1. The molecule has 0 saturated heterocycles. The highest BCUT2D eigenvalue weighted by Gasteiger charge is 2.09. The van der Waals surface area contributed by atoms with Gasteiger partial charge in [-0.15, -0.1) is 0 Å². The molecule has 1 amide bonds. The molecule has 108 valence electrons. The number of amides is 1. The Morgan fingerprint density at radius 3 is 2.80 bits per heavy atom. The van der Waals surface area contributed by atoms with Gasteiger partial charge < -0.3 is 0 Å². The second-order valence-corrected chi connectivity index (χ2v) is 4.42. The molecular formula is C14H19N3O3. The van der Waals surface area contributed by atoms with Crippen LogP contribution >= 0.6 is 0 Å². The minimum atomic E-state index is -0.478. The highest BCUT2D eigenvalue weighted by molar-refractivity contribution is 5.86. The Balaban J connectivity index is 2.45. The number of nitrogens with zero attached hydrogens (tertiary/aromatic N) is 2. The number of nitro benzene ring substituents is 1. The van der Waals surface area contributed by atoms with Crippen molar-refractivity contribution in [2.75, 3.05) is 0 Å². The zero-order valence-electron chi connectivity index (χ0n) is 11.5. The van der Waals surface area contributed by atoms with Crippen molar-refractivity contribution < 1.29 is 9.72 Å². The van der Waals surface area contributed by atoms with Gasteiger partial charge in [0, 0.05) is 12.5 Å². The predicted octanol–water partition coefficient (Wildman–Crippen LogP) is 3.02. The highest BCUT2D eigenvalue weighted by atomic mass is 16.6. The number of carbonyl (C=O) groups is 1. The van der Waals surface area contributed by atoms with Gasteiger partial charge >= 0.3 is 0 Å². The lowest BCUT2D eigenvalue weighted by molar-refractivity contribution is -0.385. The van der Waals surface area contributed by atoms with Crippen LogP contribution < -0.4 is 5.43 Å². The van der Waals surface area contributed by atoms with Crippen LogP contribution in [0.5, 0.6) is 0 Å². The lowest BCUT2D eigenvalue weighted by atomic mass is 10.1. The molecule has 0 aliphatic carbocycles. The molecular weight excluding hydrogens is 258 g/mol. The molecule has 0 spiro atoms. The Bertz CT molecular complexity index is 486. The number of hydrogen-bond acceptors (Lipinski definition) is 4. The third-order valence-electron chi connectivity index (χ3n) is 2.78. The standard InChI is InChI=1S/C14H19N3O3/c1-2-3-4-5-10-14(18)16-15-11-12-8-6-7-9-13(12)17(19)20/h6-9,11H,2-5,10H2,1H3,(H,16,18)/b15-11-. The lowest BCUT2D eigenvalue weighted by Gasteiger charge is -2.00. The van der Waals surface area contributed by atoms with Crippen molar-refractivity contribution in [2.24, 2.45) is 5.10 Å². The Labute approximate surface area is 118 Å². The first-order valence-electron chi connectivity index (χ1n) is 6.70. The van der Waals surface area contributed by atoms with E-state index in [0.717, 1.165) is 25.7 Å². The molecule has 0 radical (unpaired) electrons. The molecule has 1 rings (SSSR count). The van der Waals surface area contributed by atoms with E-state index in [2.05, 4.69) is 17.5 Å². The van der Waals surface area contributed by atoms with Crippen LogP contribution in [0.4, 0.5) is 5.69 Å². The summed E-state index contributed by atoms with van der Waals surface area (Å²) >= 11 is 0. The summed E-state index contributed by atoms with van der Waals surface area (Å²) in [5.74, 6) is -0.170. The summed E-state index contributed by atoms with van der Waals surface area (Å²) in [4.78, 5) is 21.8. The van der Waals surface area contributed by atoms with Crippen LogP contribution in [0.3, 0.4) is 0 Å². The van der Waals surface area contributed by atoms with Crippen molar-refractivity contribution in [3.63, 3.8) is 0 Å². The molecule has 0 aliphatic heterocycles. The molecule has 1 aromatic carbocycles. The van der Waals surface area contributed by atoms with Crippen molar-refractivity contribution in [3.05, 3.63) is 39.9 Å². The van der Waals surface area contributed by atoms with E-state index in [-0.39, 0.29) is 11.6 Å². The van der Waals surface area contributed by atoms with Gasteiger partial charge in [-0.25, -0.2) is 5.43 Å². The summed E-state index contributed by atoms with van der Waals surface area (Å²) in [5, 5.41) is 14.5. The molecule has 0 aromatic heterocycles. The molecule has 20 heavy (non-hydrogen) atoms. The lowest BCUT2D eigenvalue weighted by Crippen LogP contribution is -2.17. The maximum Gasteiger partial charge on any atom is 0.278 e. The quantitative estimate of drug-likeness (QED) is 0.343. The zero-order chi connectivity index (χ0) is 14.8. The molecule has 0 bridgehead atoms. The summed E-state index contributed by atoms with van der Waals surface area (Å²) in [6.07, 6.45) is 5.82. The Hall–Kier alpha value is -2.24. The van der Waals surface area contributed by atoms with Crippen LogP contribution in [0.2, 0.25) is 0 Å². The Morgan fingerprint density at radius 1 is 1.35 bits per heavy atom. The first-order valence-corrected chi connectivity index (χ1v) is 6.70. The maximum atomic E-state index is 11.5. The van der Waals surface area contributed by atoms with Crippen molar-refractivity contribution in [3.8, 4) is 0 Å². The fourth-order valence-electron chi connectivity index (χ4n) is 1.71. The molecule has 0 atom stereocenters. The van der Waals surface area contributed by atoms with Crippen LogP contribution in [0.25, 0.3) is 0 Å². The fourth-order valence-corrected chi connectivity index (χ4v) is 1.71. The average molecular weight is 277 g/mol. The van der Waals surface area contributed by atoms with Gasteiger partial charge in [0.05, 0.1) is 16.7 Å². The average Bonchev–Trinajstić information content (AvgIpc) is 2.44. The molecule has 0 fully saturated rings. The summed E-state index contributed by atoms with van der Waals surface area (Å²) < 4.78 is 0. The normalized spacial score (nSPS) is 10.7. The van der Waals surface area contributed by atoms with E-state index < -0.39 is 4.92 Å². The number of hydrogen-bond donors (Lipinski definition) is 1. The summed E-state index contributed by atoms with van der Waals surface area (Å²) in [5.41, 5.74) is 2.71. The van der Waals surface area contributed by atoms with Crippen LogP contribution in [0.1, 0.15) is 44.6 Å². The first-order chi connectivity index (χ1) is 9.65. The van der Waals surface area contributed by atoms with Crippen LogP contribution in [0.15, 0.2) is 29.4 Å². The molecule has 6 nitrogen and oxygen atoms in total. The molecule has 0 aliphatic rings.